The summed E-state index contributed by atoms with van der Waals surface area (Å²) in [6, 6.07) is 7.84. The molecule has 1 N–H and O–H groups in total. The number of benzene rings is 1. The number of aliphatic imine (C=N–C) groups is 1. The Kier molecular flexibility index (Phi) is 3.77. The maximum atomic E-state index is 6.17. The van der Waals surface area contributed by atoms with Crippen molar-refractivity contribution in [2.24, 2.45) is 10.9 Å². The van der Waals surface area contributed by atoms with E-state index in [1.54, 1.807) is 0 Å². The monoisotopic (exact) mass is 294 g/mol. The van der Waals surface area contributed by atoms with Crippen LogP contribution in [0.4, 0.5) is 5.69 Å². The van der Waals surface area contributed by atoms with Crippen LogP contribution in [0.1, 0.15) is 32.6 Å². The van der Waals surface area contributed by atoms with E-state index in [-0.39, 0.29) is 5.54 Å². The molecule has 0 amide bonds. The summed E-state index contributed by atoms with van der Waals surface area (Å²) in [6.45, 7) is 2.35. The van der Waals surface area contributed by atoms with Crippen LogP contribution in [0.5, 0.6) is 0 Å². The molecule has 1 spiro atoms. The largest absolute Gasteiger partial charge is 0.334 e. The summed E-state index contributed by atoms with van der Waals surface area (Å²) < 4.78 is 0. The Bertz CT molecular complexity index is 493. The van der Waals surface area contributed by atoms with Gasteiger partial charge in [0, 0.05) is 5.75 Å². The number of amidine groups is 1. The van der Waals surface area contributed by atoms with Crippen LogP contribution < -0.4 is 5.32 Å². The molecule has 1 saturated carbocycles. The predicted octanol–water partition coefficient (Wildman–Crippen LogP) is 4.80. The zero-order chi connectivity index (χ0) is 13.3. The lowest BCUT2D eigenvalue weighted by Crippen LogP contribution is -2.32. The smallest absolute Gasteiger partial charge is 0.161 e. The van der Waals surface area contributed by atoms with Gasteiger partial charge in [-0.15, -0.1) is 0 Å². The molecular formula is C15H19ClN2S. The third-order valence-corrected chi connectivity index (χ3v) is 5.61. The van der Waals surface area contributed by atoms with E-state index >= 15 is 0 Å². The summed E-state index contributed by atoms with van der Waals surface area (Å²) in [4.78, 5) is 4.96. The molecule has 0 aromatic heterocycles. The van der Waals surface area contributed by atoms with Gasteiger partial charge in [-0.2, -0.15) is 0 Å². The molecule has 0 radical (unpaired) electrons. The highest BCUT2D eigenvalue weighted by atomic mass is 35.5. The number of para-hydroxylation sites is 1. The van der Waals surface area contributed by atoms with Gasteiger partial charge in [0.15, 0.2) is 5.17 Å². The first-order chi connectivity index (χ1) is 9.17. The van der Waals surface area contributed by atoms with Gasteiger partial charge < -0.3 is 5.32 Å². The second-order valence-electron chi connectivity index (χ2n) is 5.72. The van der Waals surface area contributed by atoms with Crippen LogP contribution in [-0.2, 0) is 0 Å². The molecule has 0 bridgehead atoms. The number of hydrogen-bond acceptors (Lipinski definition) is 3. The Morgan fingerprint density at radius 1 is 1.32 bits per heavy atom. The van der Waals surface area contributed by atoms with Crippen LogP contribution in [0, 0.1) is 5.92 Å². The molecule has 0 unspecified atom stereocenters. The molecule has 1 fully saturated rings. The molecule has 1 aromatic rings. The Labute approximate surface area is 124 Å². The summed E-state index contributed by atoms with van der Waals surface area (Å²) in [5, 5.41) is 5.16. The molecule has 0 saturated heterocycles. The highest BCUT2D eigenvalue weighted by Gasteiger charge is 2.38. The van der Waals surface area contributed by atoms with E-state index in [1.807, 2.05) is 36.0 Å². The van der Waals surface area contributed by atoms with E-state index < -0.39 is 0 Å². The van der Waals surface area contributed by atoms with Crippen molar-refractivity contribution >= 4 is 34.2 Å². The van der Waals surface area contributed by atoms with Crippen LogP contribution >= 0.6 is 23.4 Å². The molecule has 102 valence electrons. The number of anilines is 1. The molecule has 3 rings (SSSR count). The number of halogens is 1. The van der Waals surface area contributed by atoms with Gasteiger partial charge in [0.25, 0.3) is 0 Å². The van der Waals surface area contributed by atoms with Crippen LogP contribution in [0.15, 0.2) is 29.3 Å². The molecule has 2 nitrogen and oxygen atoms in total. The molecular weight excluding hydrogens is 276 g/mol. The van der Waals surface area contributed by atoms with Crippen molar-refractivity contribution < 1.29 is 0 Å². The zero-order valence-corrected chi connectivity index (χ0v) is 12.7. The van der Waals surface area contributed by atoms with Crippen LogP contribution in [0.25, 0.3) is 0 Å². The van der Waals surface area contributed by atoms with Gasteiger partial charge in [-0.3, -0.25) is 4.99 Å². The van der Waals surface area contributed by atoms with Crippen LogP contribution in [-0.4, -0.2) is 16.5 Å². The highest BCUT2D eigenvalue weighted by Crippen LogP contribution is 2.41. The van der Waals surface area contributed by atoms with Gasteiger partial charge in [0.1, 0.15) is 0 Å². The second-order valence-corrected chi connectivity index (χ2v) is 7.09. The van der Waals surface area contributed by atoms with Crippen LogP contribution in [0.3, 0.4) is 0 Å². The topological polar surface area (TPSA) is 24.4 Å². The Balaban J connectivity index is 1.72. The predicted molar refractivity (Wildman–Crippen MR) is 85.3 cm³/mol. The van der Waals surface area contributed by atoms with Gasteiger partial charge >= 0.3 is 0 Å². The fourth-order valence-corrected chi connectivity index (χ4v) is 4.16. The molecule has 4 heteroatoms. The maximum Gasteiger partial charge on any atom is 0.161 e. The summed E-state index contributed by atoms with van der Waals surface area (Å²) in [6.07, 6.45) is 5.08. The van der Waals surface area contributed by atoms with Gasteiger partial charge in [-0.1, -0.05) is 42.4 Å². The molecule has 1 heterocycles. The van der Waals surface area contributed by atoms with E-state index in [0.717, 1.165) is 27.5 Å². The summed E-state index contributed by atoms with van der Waals surface area (Å²) in [7, 11) is 0. The quantitative estimate of drug-likeness (QED) is 0.804. The van der Waals surface area contributed by atoms with E-state index in [4.69, 9.17) is 16.6 Å². The lowest BCUT2D eigenvalue weighted by Gasteiger charge is -2.32. The van der Waals surface area contributed by atoms with Crippen molar-refractivity contribution in [3.8, 4) is 0 Å². The Morgan fingerprint density at radius 2 is 2.05 bits per heavy atom. The molecule has 2 aliphatic rings. The zero-order valence-electron chi connectivity index (χ0n) is 11.2. The Hall–Kier alpha value is -0.670. The third-order valence-electron chi connectivity index (χ3n) is 4.14. The molecule has 0 atom stereocenters. The second kappa shape index (κ2) is 5.37. The van der Waals surface area contributed by atoms with Crippen molar-refractivity contribution in [1.29, 1.82) is 0 Å². The first-order valence-corrected chi connectivity index (χ1v) is 8.27. The van der Waals surface area contributed by atoms with E-state index in [0.29, 0.717) is 0 Å². The van der Waals surface area contributed by atoms with Gasteiger partial charge in [-0.25, -0.2) is 0 Å². The van der Waals surface area contributed by atoms with Crippen molar-refractivity contribution in [2.45, 2.75) is 38.1 Å². The number of thioether (sulfide) groups is 1. The van der Waals surface area contributed by atoms with E-state index in [1.165, 1.54) is 25.7 Å². The first kappa shape index (κ1) is 13.3. The minimum absolute atomic E-state index is 0.195. The standard InChI is InChI=1S/C15H19ClN2S/c1-11-6-8-15(9-7-11)10-19-14(18-15)17-13-5-3-2-4-12(13)16/h2-5,11H,6-10H2,1H3,(H,17,18). The molecule has 1 aliphatic carbocycles. The fourth-order valence-electron chi connectivity index (χ4n) is 2.78. The number of nitrogens with zero attached hydrogens (tertiary/aromatic N) is 1. The van der Waals surface area contributed by atoms with Gasteiger partial charge in [0.05, 0.1) is 16.2 Å². The highest BCUT2D eigenvalue weighted by molar-refractivity contribution is 8.14. The third kappa shape index (κ3) is 2.92. The average Bonchev–Trinajstić information content (AvgIpc) is 2.80. The van der Waals surface area contributed by atoms with Crippen molar-refractivity contribution in [3.63, 3.8) is 0 Å². The summed E-state index contributed by atoms with van der Waals surface area (Å²) >= 11 is 8.01. The number of rotatable bonds is 1. The Morgan fingerprint density at radius 3 is 2.79 bits per heavy atom. The van der Waals surface area contributed by atoms with Gasteiger partial charge in [0.2, 0.25) is 0 Å². The van der Waals surface area contributed by atoms with Gasteiger partial charge in [-0.05, 0) is 43.7 Å². The maximum absolute atomic E-state index is 6.17. The minimum atomic E-state index is 0.195. The molecule has 19 heavy (non-hydrogen) atoms. The average molecular weight is 295 g/mol. The first-order valence-electron chi connectivity index (χ1n) is 6.91. The van der Waals surface area contributed by atoms with Crippen LogP contribution in [0.2, 0.25) is 5.02 Å². The van der Waals surface area contributed by atoms with Crippen molar-refractivity contribution in [1.82, 2.24) is 0 Å². The minimum Gasteiger partial charge on any atom is -0.334 e. The lowest BCUT2D eigenvalue weighted by molar-refractivity contribution is 0.273. The number of hydrogen-bond donors (Lipinski definition) is 1. The summed E-state index contributed by atoms with van der Waals surface area (Å²) in [5.74, 6) is 1.98. The number of nitrogens with one attached hydrogen (secondary N) is 1. The SMILES string of the molecule is CC1CCC2(CC1)CSC(Nc1ccccc1Cl)=N2. The molecule has 1 aliphatic heterocycles. The normalized spacial score (nSPS) is 30.4. The summed E-state index contributed by atoms with van der Waals surface area (Å²) in [5.41, 5.74) is 1.15. The lowest BCUT2D eigenvalue weighted by atomic mass is 9.79. The molecule has 1 aromatic carbocycles. The van der Waals surface area contributed by atoms with Crippen molar-refractivity contribution in [2.75, 3.05) is 11.1 Å². The fraction of sp³-hybridized carbons (Fsp3) is 0.533. The van der Waals surface area contributed by atoms with E-state index in [9.17, 15) is 0 Å². The van der Waals surface area contributed by atoms with Crippen molar-refractivity contribution in [3.05, 3.63) is 29.3 Å². The van der Waals surface area contributed by atoms with E-state index in [2.05, 4.69) is 12.2 Å².